The Morgan fingerprint density at radius 3 is 2.56 bits per heavy atom. The van der Waals surface area contributed by atoms with Gasteiger partial charge in [-0.05, 0) is 24.6 Å². The zero-order valence-electron chi connectivity index (χ0n) is 14.3. The molecule has 0 aliphatic heterocycles. The molecule has 2 aromatic carbocycles. The highest BCUT2D eigenvalue weighted by atomic mass is 32.1. The number of fused-ring (bicyclic) bond motifs is 1. The van der Waals surface area contributed by atoms with Crippen molar-refractivity contribution in [3.8, 4) is 0 Å². The third kappa shape index (κ3) is 3.21. The Kier molecular flexibility index (Phi) is 4.34. The first-order valence-electron chi connectivity index (χ1n) is 8.33. The Morgan fingerprint density at radius 1 is 1.08 bits per heavy atom. The summed E-state index contributed by atoms with van der Waals surface area (Å²) >= 11 is 1.73. The molecule has 0 spiro atoms. The molecule has 0 bridgehead atoms. The van der Waals surface area contributed by atoms with Gasteiger partial charge in [-0.1, -0.05) is 42.5 Å². The minimum Gasteiger partial charge on any atom is -0.330 e. The molecule has 4 rings (SSSR count). The maximum Gasteiger partial charge on any atom is 0.131 e. The zero-order valence-corrected chi connectivity index (χ0v) is 15.1. The molecule has 4 aromatic rings. The number of benzene rings is 2. The van der Waals surface area contributed by atoms with Crippen LogP contribution in [0.15, 0.2) is 60.8 Å². The largest absolute Gasteiger partial charge is 0.330 e. The van der Waals surface area contributed by atoms with Crippen LogP contribution in [0, 0.1) is 6.92 Å². The highest BCUT2D eigenvalue weighted by Crippen LogP contribution is 2.25. The number of hydrogen-bond donors (Lipinski definition) is 1. The first-order chi connectivity index (χ1) is 12.2. The van der Waals surface area contributed by atoms with E-state index in [-0.39, 0.29) is 6.04 Å². The summed E-state index contributed by atoms with van der Waals surface area (Å²) in [6.07, 6.45) is 1.92. The lowest BCUT2D eigenvalue weighted by atomic mass is 10.1. The lowest BCUT2D eigenvalue weighted by molar-refractivity contribution is 0.560. The molecule has 126 valence electrons. The van der Waals surface area contributed by atoms with Gasteiger partial charge in [-0.25, -0.2) is 9.97 Å². The lowest BCUT2D eigenvalue weighted by Crippen LogP contribution is -2.24. The second kappa shape index (κ2) is 6.78. The van der Waals surface area contributed by atoms with E-state index < -0.39 is 0 Å². The smallest absolute Gasteiger partial charge is 0.131 e. The summed E-state index contributed by atoms with van der Waals surface area (Å²) in [5, 5.41) is 4.74. The number of hydrogen-bond acceptors (Lipinski definition) is 4. The molecule has 0 amide bonds. The average molecular weight is 348 g/mol. The molecule has 1 atom stereocenters. The molecular formula is C20H20N4S. The summed E-state index contributed by atoms with van der Waals surface area (Å²) in [4.78, 5) is 10.6. The van der Waals surface area contributed by atoms with Crippen molar-refractivity contribution in [3.05, 3.63) is 82.1 Å². The van der Waals surface area contributed by atoms with Crippen molar-refractivity contribution in [1.29, 1.82) is 0 Å². The highest BCUT2D eigenvalue weighted by molar-refractivity contribution is 7.11. The van der Waals surface area contributed by atoms with E-state index in [4.69, 9.17) is 4.98 Å². The fraction of sp³-hybridized carbons (Fsp3) is 0.200. The van der Waals surface area contributed by atoms with E-state index in [2.05, 4.69) is 71.3 Å². The molecule has 25 heavy (non-hydrogen) atoms. The maximum atomic E-state index is 4.89. The van der Waals surface area contributed by atoms with Gasteiger partial charge in [0, 0.05) is 24.7 Å². The molecule has 0 saturated carbocycles. The second-order valence-electron chi connectivity index (χ2n) is 6.11. The number of nitrogens with one attached hydrogen (secondary N) is 1. The molecule has 1 N–H and O–H groups in total. The monoisotopic (exact) mass is 348 g/mol. The average Bonchev–Trinajstić information content (AvgIpc) is 3.20. The fourth-order valence-corrected chi connectivity index (χ4v) is 3.84. The van der Waals surface area contributed by atoms with Crippen LogP contribution in [0.4, 0.5) is 0 Å². The molecule has 5 heteroatoms. The Bertz CT molecular complexity index is 987. The van der Waals surface area contributed by atoms with Crippen LogP contribution in [0.25, 0.3) is 11.0 Å². The van der Waals surface area contributed by atoms with Gasteiger partial charge in [0.05, 0.1) is 17.1 Å². The first kappa shape index (κ1) is 16.0. The van der Waals surface area contributed by atoms with E-state index in [0.29, 0.717) is 0 Å². The molecule has 0 unspecified atom stereocenters. The van der Waals surface area contributed by atoms with Crippen LogP contribution in [0.5, 0.6) is 0 Å². The van der Waals surface area contributed by atoms with Crippen molar-refractivity contribution in [2.45, 2.75) is 19.5 Å². The van der Waals surface area contributed by atoms with Crippen LogP contribution in [-0.2, 0) is 13.6 Å². The van der Waals surface area contributed by atoms with Crippen LogP contribution >= 0.6 is 11.3 Å². The number of rotatable bonds is 5. The molecule has 0 radical (unpaired) electrons. The van der Waals surface area contributed by atoms with Gasteiger partial charge in [-0.3, -0.25) is 5.32 Å². The van der Waals surface area contributed by atoms with Crippen molar-refractivity contribution in [3.63, 3.8) is 0 Å². The number of nitrogens with zero attached hydrogens (tertiary/aromatic N) is 3. The number of aromatic nitrogens is 3. The molecule has 0 aliphatic rings. The van der Waals surface area contributed by atoms with E-state index in [0.717, 1.165) is 28.4 Å². The Hall–Kier alpha value is -2.50. The minimum atomic E-state index is 0.0165. The van der Waals surface area contributed by atoms with Gasteiger partial charge in [-0.2, -0.15) is 0 Å². The zero-order chi connectivity index (χ0) is 17.2. The van der Waals surface area contributed by atoms with E-state index in [1.807, 2.05) is 18.3 Å². The number of aryl methyl sites for hydroxylation is 2. The Morgan fingerprint density at radius 2 is 1.84 bits per heavy atom. The van der Waals surface area contributed by atoms with Crippen LogP contribution < -0.4 is 5.32 Å². The summed E-state index contributed by atoms with van der Waals surface area (Å²) in [6.45, 7) is 2.81. The van der Waals surface area contributed by atoms with Gasteiger partial charge < -0.3 is 4.57 Å². The minimum absolute atomic E-state index is 0.0165. The topological polar surface area (TPSA) is 42.7 Å². The summed E-state index contributed by atoms with van der Waals surface area (Å²) in [5.41, 5.74) is 3.37. The summed E-state index contributed by atoms with van der Waals surface area (Å²) in [5.74, 6) is 1.01. The number of para-hydroxylation sites is 2. The number of imidazole rings is 1. The molecule has 4 nitrogen and oxygen atoms in total. The van der Waals surface area contributed by atoms with Gasteiger partial charge in [0.25, 0.3) is 0 Å². The molecule has 0 aliphatic carbocycles. The third-order valence-corrected chi connectivity index (χ3v) is 5.25. The normalized spacial score (nSPS) is 12.6. The van der Waals surface area contributed by atoms with Crippen molar-refractivity contribution in [2.75, 3.05) is 0 Å². The molecule has 2 heterocycles. The van der Waals surface area contributed by atoms with Gasteiger partial charge >= 0.3 is 0 Å². The fourth-order valence-electron chi connectivity index (χ4n) is 3.10. The number of thiazole rings is 1. The van der Waals surface area contributed by atoms with Gasteiger partial charge in [0.1, 0.15) is 10.8 Å². The van der Waals surface area contributed by atoms with E-state index in [1.54, 1.807) is 11.3 Å². The molecular weight excluding hydrogens is 328 g/mol. The van der Waals surface area contributed by atoms with E-state index in [9.17, 15) is 0 Å². The molecule has 0 saturated heterocycles. The lowest BCUT2D eigenvalue weighted by Gasteiger charge is -2.18. The third-order valence-electron chi connectivity index (χ3n) is 4.34. The van der Waals surface area contributed by atoms with Gasteiger partial charge in [0.15, 0.2) is 0 Å². The summed E-state index contributed by atoms with van der Waals surface area (Å²) < 4.78 is 2.17. The Labute approximate surface area is 151 Å². The first-order valence-corrected chi connectivity index (χ1v) is 9.15. The van der Waals surface area contributed by atoms with Crippen LogP contribution in [-0.4, -0.2) is 14.5 Å². The second-order valence-corrected chi connectivity index (χ2v) is 7.43. The maximum absolute atomic E-state index is 4.89. The highest BCUT2D eigenvalue weighted by Gasteiger charge is 2.20. The van der Waals surface area contributed by atoms with Crippen LogP contribution in [0.3, 0.4) is 0 Å². The van der Waals surface area contributed by atoms with Crippen molar-refractivity contribution in [1.82, 2.24) is 19.9 Å². The van der Waals surface area contributed by atoms with Crippen molar-refractivity contribution < 1.29 is 0 Å². The predicted molar refractivity (Wildman–Crippen MR) is 103 cm³/mol. The molecule has 2 aromatic heterocycles. The molecule has 0 fully saturated rings. The van der Waals surface area contributed by atoms with Gasteiger partial charge in [-0.15, -0.1) is 11.3 Å². The summed E-state index contributed by atoms with van der Waals surface area (Å²) in [7, 11) is 2.08. The predicted octanol–water partition coefficient (Wildman–Crippen LogP) is 4.22. The quantitative estimate of drug-likeness (QED) is 0.587. The van der Waals surface area contributed by atoms with Crippen LogP contribution in [0.1, 0.15) is 27.3 Å². The van der Waals surface area contributed by atoms with E-state index >= 15 is 0 Å². The van der Waals surface area contributed by atoms with Gasteiger partial charge in [0.2, 0.25) is 0 Å². The van der Waals surface area contributed by atoms with Crippen LogP contribution in [0.2, 0.25) is 0 Å². The SMILES string of the molecule is Cc1cnc(CN[C@@H](c2ccccc2)c2nc3ccccc3n2C)s1. The van der Waals surface area contributed by atoms with Crippen molar-refractivity contribution >= 4 is 22.4 Å². The Balaban J connectivity index is 1.72. The van der Waals surface area contributed by atoms with Crippen molar-refractivity contribution in [2.24, 2.45) is 7.05 Å². The summed E-state index contributed by atoms with van der Waals surface area (Å²) in [6, 6.07) is 18.7. The standard InChI is InChI=1S/C20H20N4S/c1-14-12-21-18(25-14)13-22-19(15-8-4-3-5-9-15)20-23-16-10-6-7-11-17(16)24(20)2/h3-12,19,22H,13H2,1-2H3/t19-/m0/s1. The van der Waals surface area contributed by atoms with E-state index in [1.165, 1.54) is 10.4 Å².